The molecule has 1 saturated heterocycles. The summed E-state index contributed by atoms with van der Waals surface area (Å²) in [7, 11) is 0. The largest absolute Gasteiger partial charge is 0.313 e. The molecule has 2 heteroatoms. The van der Waals surface area contributed by atoms with Crippen molar-refractivity contribution in [3.05, 3.63) is 34.9 Å². The molecule has 1 nitrogen and oxygen atoms in total. The predicted molar refractivity (Wildman–Crippen MR) is 60.9 cm³/mol. The molecule has 1 heterocycles. The lowest BCUT2D eigenvalue weighted by molar-refractivity contribution is 0.518. The maximum absolute atomic E-state index is 6.17. The topological polar surface area (TPSA) is 12.0 Å². The molecule has 1 fully saturated rings. The zero-order valence-corrected chi connectivity index (χ0v) is 9.22. The van der Waals surface area contributed by atoms with Gasteiger partial charge in [0, 0.05) is 11.1 Å². The van der Waals surface area contributed by atoms with Gasteiger partial charge in [-0.15, -0.1) is 0 Å². The molecule has 0 bridgehead atoms. The van der Waals surface area contributed by atoms with Crippen LogP contribution < -0.4 is 5.32 Å². The predicted octanol–water partition coefficient (Wildman–Crippen LogP) is 3.20. The molecule has 0 aliphatic carbocycles. The molecule has 14 heavy (non-hydrogen) atoms. The molecule has 1 aromatic rings. The maximum atomic E-state index is 6.17. The van der Waals surface area contributed by atoms with Crippen LogP contribution in [0.25, 0.3) is 0 Å². The first-order valence-electron chi connectivity index (χ1n) is 5.27. The summed E-state index contributed by atoms with van der Waals surface area (Å²) in [5.74, 6) is 0.520. The summed E-state index contributed by atoms with van der Waals surface area (Å²) in [6.45, 7) is 3.41. The number of hydrogen-bond donors (Lipinski definition) is 1. The summed E-state index contributed by atoms with van der Waals surface area (Å²) >= 11 is 6.17. The van der Waals surface area contributed by atoms with E-state index in [0.29, 0.717) is 12.0 Å². The van der Waals surface area contributed by atoms with E-state index in [-0.39, 0.29) is 0 Å². The highest BCUT2D eigenvalue weighted by Crippen LogP contribution is 2.29. The third-order valence-electron chi connectivity index (χ3n) is 3.10. The number of benzene rings is 1. The Kier molecular flexibility index (Phi) is 3.09. The summed E-state index contributed by atoms with van der Waals surface area (Å²) in [5.41, 5.74) is 1.27. The molecule has 1 aromatic carbocycles. The first-order chi connectivity index (χ1) is 6.79. The van der Waals surface area contributed by atoms with Gasteiger partial charge in [0.05, 0.1) is 0 Å². The Morgan fingerprint density at radius 1 is 1.43 bits per heavy atom. The Morgan fingerprint density at radius 3 is 2.86 bits per heavy atom. The van der Waals surface area contributed by atoms with E-state index in [4.69, 9.17) is 11.6 Å². The Hall–Kier alpha value is -0.530. The Bertz CT molecular complexity index is 305. The van der Waals surface area contributed by atoms with Gasteiger partial charge in [0.1, 0.15) is 0 Å². The van der Waals surface area contributed by atoms with Crippen LogP contribution in [0.4, 0.5) is 0 Å². The second-order valence-electron chi connectivity index (χ2n) is 4.01. The van der Waals surface area contributed by atoms with Crippen molar-refractivity contribution < 1.29 is 0 Å². The highest BCUT2D eigenvalue weighted by molar-refractivity contribution is 6.31. The van der Waals surface area contributed by atoms with Crippen LogP contribution >= 0.6 is 11.6 Å². The Morgan fingerprint density at radius 2 is 2.21 bits per heavy atom. The smallest absolute Gasteiger partial charge is 0.0441 e. The summed E-state index contributed by atoms with van der Waals surface area (Å²) in [6, 6.07) is 8.76. The van der Waals surface area contributed by atoms with Gasteiger partial charge >= 0.3 is 0 Å². The SMILES string of the molecule is CC(c1ccccc1Cl)C1CCCN1. The lowest BCUT2D eigenvalue weighted by Crippen LogP contribution is -2.27. The third kappa shape index (κ3) is 1.94. The third-order valence-corrected chi connectivity index (χ3v) is 3.44. The molecule has 0 amide bonds. The number of nitrogens with one attached hydrogen (secondary N) is 1. The lowest BCUT2D eigenvalue weighted by Gasteiger charge is -2.20. The zero-order valence-electron chi connectivity index (χ0n) is 8.46. The molecule has 2 unspecified atom stereocenters. The van der Waals surface area contributed by atoms with Crippen molar-refractivity contribution in [1.82, 2.24) is 5.32 Å². The summed E-state index contributed by atoms with van der Waals surface area (Å²) < 4.78 is 0. The van der Waals surface area contributed by atoms with Gasteiger partial charge in [-0.3, -0.25) is 0 Å². The molecule has 0 saturated carbocycles. The fourth-order valence-corrected chi connectivity index (χ4v) is 2.51. The quantitative estimate of drug-likeness (QED) is 0.789. The van der Waals surface area contributed by atoms with Crippen LogP contribution in [0, 0.1) is 0 Å². The summed E-state index contributed by atoms with van der Waals surface area (Å²) in [5, 5.41) is 4.42. The van der Waals surface area contributed by atoms with Crippen molar-refractivity contribution in [2.45, 2.75) is 31.7 Å². The first kappa shape index (κ1) is 10.0. The van der Waals surface area contributed by atoms with Crippen molar-refractivity contribution in [3.8, 4) is 0 Å². The molecular weight excluding hydrogens is 194 g/mol. The fraction of sp³-hybridized carbons (Fsp3) is 0.500. The van der Waals surface area contributed by atoms with Crippen LogP contribution in [0.2, 0.25) is 5.02 Å². The normalized spacial score (nSPS) is 23.7. The average Bonchev–Trinajstić information content (AvgIpc) is 2.70. The standard InChI is InChI=1S/C12H16ClN/c1-9(12-7-4-8-14-12)10-5-2-3-6-11(10)13/h2-3,5-6,9,12,14H,4,7-8H2,1H3. The highest BCUT2D eigenvalue weighted by atomic mass is 35.5. The van der Waals surface area contributed by atoms with Crippen molar-refractivity contribution in [2.24, 2.45) is 0 Å². The van der Waals surface area contributed by atoms with E-state index in [1.807, 2.05) is 12.1 Å². The minimum Gasteiger partial charge on any atom is -0.313 e. The average molecular weight is 210 g/mol. The van der Waals surface area contributed by atoms with E-state index in [0.717, 1.165) is 11.6 Å². The molecular formula is C12H16ClN. The molecule has 2 rings (SSSR count). The minimum absolute atomic E-state index is 0.520. The van der Waals surface area contributed by atoms with E-state index in [1.165, 1.54) is 18.4 Å². The van der Waals surface area contributed by atoms with Gasteiger partial charge in [-0.05, 0) is 36.9 Å². The van der Waals surface area contributed by atoms with E-state index in [2.05, 4.69) is 24.4 Å². The van der Waals surface area contributed by atoms with Gasteiger partial charge in [0.25, 0.3) is 0 Å². The lowest BCUT2D eigenvalue weighted by atomic mass is 9.92. The Labute approximate surface area is 90.5 Å². The van der Waals surface area contributed by atoms with E-state index < -0.39 is 0 Å². The van der Waals surface area contributed by atoms with Gasteiger partial charge in [0.2, 0.25) is 0 Å². The van der Waals surface area contributed by atoms with Crippen LogP contribution in [0.3, 0.4) is 0 Å². The number of rotatable bonds is 2. The van der Waals surface area contributed by atoms with Crippen molar-refractivity contribution >= 4 is 11.6 Å². The van der Waals surface area contributed by atoms with Gasteiger partial charge < -0.3 is 5.32 Å². The van der Waals surface area contributed by atoms with Crippen molar-refractivity contribution in [3.63, 3.8) is 0 Å². The van der Waals surface area contributed by atoms with E-state index >= 15 is 0 Å². The van der Waals surface area contributed by atoms with Gasteiger partial charge in [-0.1, -0.05) is 36.7 Å². The second kappa shape index (κ2) is 4.33. The molecule has 0 aromatic heterocycles. The monoisotopic (exact) mass is 209 g/mol. The van der Waals surface area contributed by atoms with Crippen LogP contribution in [0.5, 0.6) is 0 Å². The molecule has 1 aliphatic heterocycles. The molecule has 1 N–H and O–H groups in total. The Balaban J connectivity index is 2.17. The first-order valence-corrected chi connectivity index (χ1v) is 5.64. The molecule has 2 atom stereocenters. The van der Waals surface area contributed by atoms with Crippen LogP contribution in [0.15, 0.2) is 24.3 Å². The van der Waals surface area contributed by atoms with Crippen molar-refractivity contribution in [1.29, 1.82) is 0 Å². The molecule has 1 aliphatic rings. The van der Waals surface area contributed by atoms with Crippen LogP contribution in [-0.4, -0.2) is 12.6 Å². The zero-order chi connectivity index (χ0) is 9.97. The molecule has 76 valence electrons. The number of hydrogen-bond acceptors (Lipinski definition) is 1. The second-order valence-corrected chi connectivity index (χ2v) is 4.42. The van der Waals surface area contributed by atoms with Gasteiger partial charge in [-0.25, -0.2) is 0 Å². The minimum atomic E-state index is 0.520. The van der Waals surface area contributed by atoms with Crippen LogP contribution in [-0.2, 0) is 0 Å². The van der Waals surface area contributed by atoms with Gasteiger partial charge in [0.15, 0.2) is 0 Å². The number of halogens is 1. The van der Waals surface area contributed by atoms with Crippen LogP contribution in [0.1, 0.15) is 31.2 Å². The fourth-order valence-electron chi connectivity index (χ4n) is 2.20. The van der Waals surface area contributed by atoms with Gasteiger partial charge in [-0.2, -0.15) is 0 Å². The summed E-state index contributed by atoms with van der Waals surface area (Å²) in [4.78, 5) is 0. The van der Waals surface area contributed by atoms with Crippen molar-refractivity contribution in [2.75, 3.05) is 6.54 Å². The van der Waals surface area contributed by atoms with E-state index in [1.54, 1.807) is 0 Å². The summed E-state index contributed by atoms with van der Waals surface area (Å²) in [6.07, 6.45) is 2.56. The molecule has 0 radical (unpaired) electrons. The highest BCUT2D eigenvalue weighted by Gasteiger charge is 2.23. The maximum Gasteiger partial charge on any atom is 0.0441 e. The molecule has 0 spiro atoms. The van der Waals surface area contributed by atoms with E-state index in [9.17, 15) is 0 Å².